The monoisotopic (exact) mass is 375 g/mol. The van der Waals surface area contributed by atoms with E-state index in [-0.39, 0.29) is 23.1 Å². The van der Waals surface area contributed by atoms with Crippen molar-refractivity contribution >= 4 is 33.2 Å². The zero-order valence-corrected chi connectivity index (χ0v) is 14.6. The van der Waals surface area contributed by atoms with Crippen molar-refractivity contribution in [3.8, 4) is 11.5 Å². The van der Waals surface area contributed by atoms with Gasteiger partial charge >= 0.3 is 0 Å². The molecule has 0 fully saturated rings. The minimum atomic E-state index is -3.75. The van der Waals surface area contributed by atoms with Gasteiger partial charge in [-0.15, -0.1) is 0 Å². The summed E-state index contributed by atoms with van der Waals surface area (Å²) in [6.45, 7) is 0.243. The van der Waals surface area contributed by atoms with Gasteiger partial charge in [-0.05, 0) is 30.3 Å². The van der Waals surface area contributed by atoms with Gasteiger partial charge in [0.1, 0.15) is 23.0 Å². The summed E-state index contributed by atoms with van der Waals surface area (Å²) in [7, 11) is -2.19. The van der Waals surface area contributed by atoms with Crippen LogP contribution in [-0.2, 0) is 10.0 Å². The van der Waals surface area contributed by atoms with Gasteiger partial charge in [-0.2, -0.15) is 0 Å². The van der Waals surface area contributed by atoms with Crippen molar-refractivity contribution in [1.29, 1.82) is 0 Å². The zero-order chi connectivity index (χ0) is 16.9. The van der Waals surface area contributed by atoms with E-state index in [9.17, 15) is 8.42 Å². The van der Waals surface area contributed by atoms with Crippen LogP contribution in [0.4, 0.5) is 0 Å². The molecule has 8 heteroatoms. The molecule has 2 aromatic carbocycles. The highest BCUT2D eigenvalue weighted by molar-refractivity contribution is 7.89. The van der Waals surface area contributed by atoms with Crippen LogP contribution in [0, 0.1) is 0 Å². The predicted molar refractivity (Wildman–Crippen MR) is 90.1 cm³/mol. The lowest BCUT2D eigenvalue weighted by Crippen LogP contribution is -2.28. The normalized spacial score (nSPS) is 11.3. The number of nitrogens with one attached hydrogen (secondary N) is 1. The quantitative estimate of drug-likeness (QED) is 0.753. The smallest absolute Gasteiger partial charge is 0.242 e. The molecule has 0 spiro atoms. The summed E-state index contributed by atoms with van der Waals surface area (Å²) in [4.78, 5) is -0.0620. The number of methoxy groups -OCH3 is 1. The molecule has 1 N–H and O–H groups in total. The lowest BCUT2D eigenvalue weighted by Gasteiger charge is -2.10. The Labute approximate surface area is 145 Å². The van der Waals surface area contributed by atoms with Crippen molar-refractivity contribution in [3.63, 3.8) is 0 Å². The maximum absolute atomic E-state index is 12.2. The average Bonchev–Trinajstić information content (AvgIpc) is 2.54. The number of sulfonamides is 1. The first-order valence-corrected chi connectivity index (χ1v) is 8.88. The van der Waals surface area contributed by atoms with Gasteiger partial charge in [0.25, 0.3) is 0 Å². The van der Waals surface area contributed by atoms with Gasteiger partial charge in [-0.25, -0.2) is 13.1 Å². The van der Waals surface area contributed by atoms with Crippen LogP contribution in [0.25, 0.3) is 0 Å². The maximum atomic E-state index is 12.2. The third-order valence-corrected chi connectivity index (χ3v) is 5.06. The molecule has 0 aromatic heterocycles. The van der Waals surface area contributed by atoms with Gasteiger partial charge in [0, 0.05) is 17.6 Å². The van der Waals surface area contributed by atoms with E-state index in [1.54, 1.807) is 31.4 Å². The maximum Gasteiger partial charge on any atom is 0.242 e. The van der Waals surface area contributed by atoms with E-state index in [0.717, 1.165) is 0 Å². The van der Waals surface area contributed by atoms with Crippen molar-refractivity contribution in [3.05, 3.63) is 52.5 Å². The lowest BCUT2D eigenvalue weighted by atomic mass is 10.3. The largest absolute Gasteiger partial charge is 0.497 e. The van der Waals surface area contributed by atoms with E-state index < -0.39 is 10.0 Å². The topological polar surface area (TPSA) is 64.6 Å². The predicted octanol–water partition coefficient (Wildman–Crippen LogP) is 3.36. The van der Waals surface area contributed by atoms with Crippen molar-refractivity contribution in [2.75, 3.05) is 20.3 Å². The minimum Gasteiger partial charge on any atom is -0.497 e. The van der Waals surface area contributed by atoms with E-state index >= 15 is 0 Å². The molecule has 2 aromatic rings. The summed E-state index contributed by atoms with van der Waals surface area (Å²) >= 11 is 11.7. The van der Waals surface area contributed by atoms with E-state index in [0.29, 0.717) is 16.5 Å². The third-order valence-electron chi connectivity index (χ3n) is 2.89. The molecule has 2 rings (SSSR count). The molecule has 5 nitrogen and oxygen atoms in total. The van der Waals surface area contributed by atoms with Crippen LogP contribution in [0.5, 0.6) is 11.5 Å². The van der Waals surface area contributed by atoms with Crippen molar-refractivity contribution in [1.82, 2.24) is 4.72 Å². The Bertz CT molecular complexity index is 781. The van der Waals surface area contributed by atoms with E-state index in [2.05, 4.69) is 4.72 Å². The molecular formula is C15H15Cl2NO4S. The highest BCUT2D eigenvalue weighted by atomic mass is 35.5. The van der Waals surface area contributed by atoms with E-state index in [4.69, 9.17) is 32.7 Å². The fraction of sp³-hybridized carbons (Fsp3) is 0.200. The third kappa shape index (κ3) is 5.00. The molecule has 0 amide bonds. The summed E-state index contributed by atoms with van der Waals surface area (Å²) in [5.41, 5.74) is 0. The van der Waals surface area contributed by atoms with Crippen LogP contribution in [-0.4, -0.2) is 28.7 Å². The molecule has 0 heterocycles. The van der Waals surface area contributed by atoms with Crippen LogP contribution >= 0.6 is 23.2 Å². The molecule has 0 aliphatic heterocycles. The standard InChI is InChI=1S/C15H15Cl2NO4S/c1-21-12-3-2-4-13(10-12)22-8-7-18-23(19,20)15-9-11(16)5-6-14(15)17/h2-6,9-10,18H,7-8H2,1H3. The van der Waals surface area contributed by atoms with Crippen LogP contribution in [0.15, 0.2) is 47.4 Å². The van der Waals surface area contributed by atoms with Crippen molar-refractivity contribution < 1.29 is 17.9 Å². The number of benzene rings is 2. The first-order valence-electron chi connectivity index (χ1n) is 6.64. The summed E-state index contributed by atoms with van der Waals surface area (Å²) < 4.78 is 37.3. The van der Waals surface area contributed by atoms with E-state index in [1.165, 1.54) is 18.2 Å². The Kier molecular flexibility index (Phi) is 6.12. The summed E-state index contributed by atoms with van der Waals surface area (Å²) in [5, 5.41) is 0.401. The van der Waals surface area contributed by atoms with Crippen LogP contribution in [0.2, 0.25) is 10.0 Å². The molecule has 124 valence electrons. The average molecular weight is 376 g/mol. The molecule has 0 radical (unpaired) electrons. The second-order valence-corrected chi connectivity index (χ2v) is 7.08. The second-order valence-electron chi connectivity index (χ2n) is 4.50. The van der Waals surface area contributed by atoms with E-state index in [1.807, 2.05) is 0 Å². The number of halogens is 2. The van der Waals surface area contributed by atoms with Crippen molar-refractivity contribution in [2.45, 2.75) is 4.90 Å². The minimum absolute atomic E-state index is 0.0620. The molecular weight excluding hydrogens is 361 g/mol. The molecule has 0 aliphatic carbocycles. The summed E-state index contributed by atoms with van der Waals surface area (Å²) in [6, 6.07) is 11.3. The fourth-order valence-corrected chi connectivity index (χ4v) is 3.57. The van der Waals surface area contributed by atoms with Crippen molar-refractivity contribution in [2.24, 2.45) is 0 Å². The zero-order valence-electron chi connectivity index (χ0n) is 12.3. The molecule has 0 saturated heterocycles. The number of hydrogen-bond donors (Lipinski definition) is 1. The van der Waals surface area contributed by atoms with Crippen LogP contribution in [0.1, 0.15) is 0 Å². The Morgan fingerprint density at radius 1 is 1.09 bits per heavy atom. The van der Waals surface area contributed by atoms with Gasteiger partial charge in [-0.1, -0.05) is 29.3 Å². The number of rotatable bonds is 7. The summed E-state index contributed by atoms with van der Waals surface area (Å²) in [5.74, 6) is 1.25. The summed E-state index contributed by atoms with van der Waals surface area (Å²) in [6.07, 6.45) is 0. The van der Waals surface area contributed by atoms with Gasteiger partial charge < -0.3 is 9.47 Å². The van der Waals surface area contributed by atoms with Gasteiger partial charge in [0.05, 0.1) is 12.1 Å². The molecule has 0 aliphatic rings. The second kappa shape index (κ2) is 7.88. The Morgan fingerprint density at radius 2 is 1.83 bits per heavy atom. The highest BCUT2D eigenvalue weighted by Gasteiger charge is 2.17. The fourth-order valence-electron chi connectivity index (χ4n) is 1.80. The lowest BCUT2D eigenvalue weighted by molar-refractivity contribution is 0.320. The molecule has 23 heavy (non-hydrogen) atoms. The Balaban J connectivity index is 1.93. The molecule has 0 atom stereocenters. The first-order chi connectivity index (χ1) is 10.9. The van der Waals surface area contributed by atoms with Gasteiger partial charge in [-0.3, -0.25) is 0 Å². The van der Waals surface area contributed by atoms with Crippen LogP contribution < -0.4 is 14.2 Å². The Morgan fingerprint density at radius 3 is 2.57 bits per heavy atom. The Hall–Kier alpha value is -1.47. The highest BCUT2D eigenvalue weighted by Crippen LogP contribution is 2.24. The molecule has 0 bridgehead atoms. The number of hydrogen-bond acceptors (Lipinski definition) is 4. The van der Waals surface area contributed by atoms with Gasteiger partial charge in [0.2, 0.25) is 10.0 Å². The van der Waals surface area contributed by atoms with Crippen LogP contribution in [0.3, 0.4) is 0 Å². The van der Waals surface area contributed by atoms with Gasteiger partial charge in [0.15, 0.2) is 0 Å². The first kappa shape index (κ1) is 17.9. The number of ether oxygens (including phenoxy) is 2. The molecule has 0 saturated carbocycles. The molecule has 0 unspecified atom stereocenters. The SMILES string of the molecule is COc1cccc(OCCNS(=O)(=O)c2cc(Cl)ccc2Cl)c1.